The second-order valence-corrected chi connectivity index (χ2v) is 4.68. The molecule has 1 aromatic heterocycles. The highest BCUT2D eigenvalue weighted by Crippen LogP contribution is 2.16. The first-order chi connectivity index (χ1) is 8.08. The van der Waals surface area contributed by atoms with E-state index in [4.69, 9.17) is 11.6 Å². The Morgan fingerprint density at radius 2 is 2.24 bits per heavy atom. The van der Waals surface area contributed by atoms with E-state index in [-0.39, 0.29) is 10.6 Å². The maximum Gasteiger partial charge on any atom is 0.267 e. The minimum Gasteiger partial charge on any atom is -0.294 e. The molecular weight excluding hydrogens is 310 g/mol. The van der Waals surface area contributed by atoms with Gasteiger partial charge in [0.05, 0.1) is 17.9 Å². The molecule has 2 aromatic rings. The second kappa shape index (κ2) is 4.98. The topological polar surface area (TPSA) is 34.9 Å². The average molecular weight is 318 g/mol. The quantitative estimate of drug-likeness (QED) is 0.853. The molecule has 0 saturated carbocycles. The Balaban J connectivity index is 2.35. The van der Waals surface area contributed by atoms with Crippen molar-refractivity contribution in [2.24, 2.45) is 0 Å². The van der Waals surface area contributed by atoms with E-state index in [0.29, 0.717) is 11.0 Å². The van der Waals surface area contributed by atoms with Gasteiger partial charge in [0.1, 0.15) is 10.3 Å². The minimum absolute atomic E-state index is 0.0403. The zero-order chi connectivity index (χ0) is 12.4. The van der Waals surface area contributed by atoms with Crippen LogP contribution in [0.3, 0.4) is 0 Å². The Kier molecular flexibility index (Phi) is 3.59. The third-order valence-corrected chi connectivity index (χ3v) is 3.03. The lowest BCUT2D eigenvalue weighted by Gasteiger charge is -2.06. The SMILES string of the molecule is O=c1c(Br)cncn1Cc1ccc(F)c(Cl)c1. The molecule has 0 amide bonds. The van der Waals surface area contributed by atoms with Crippen molar-refractivity contribution in [3.8, 4) is 0 Å². The van der Waals surface area contributed by atoms with Gasteiger partial charge < -0.3 is 0 Å². The molecule has 3 nitrogen and oxygen atoms in total. The van der Waals surface area contributed by atoms with Gasteiger partial charge in [0, 0.05) is 6.20 Å². The monoisotopic (exact) mass is 316 g/mol. The zero-order valence-electron chi connectivity index (χ0n) is 8.53. The molecular formula is C11H7BrClFN2O. The van der Waals surface area contributed by atoms with Crippen LogP contribution in [0.2, 0.25) is 5.02 Å². The molecule has 17 heavy (non-hydrogen) atoms. The molecule has 0 radical (unpaired) electrons. The van der Waals surface area contributed by atoms with E-state index in [0.717, 1.165) is 5.56 Å². The first kappa shape index (κ1) is 12.3. The maximum absolute atomic E-state index is 13.0. The lowest BCUT2D eigenvalue weighted by molar-refractivity contribution is 0.626. The number of aromatic nitrogens is 2. The summed E-state index contributed by atoms with van der Waals surface area (Å²) < 4.78 is 14.8. The molecule has 2 rings (SSSR count). The van der Waals surface area contributed by atoms with E-state index < -0.39 is 5.82 Å². The van der Waals surface area contributed by atoms with E-state index in [1.54, 1.807) is 6.07 Å². The van der Waals surface area contributed by atoms with Crippen molar-refractivity contribution in [1.82, 2.24) is 9.55 Å². The molecule has 0 atom stereocenters. The fraction of sp³-hybridized carbons (Fsp3) is 0.0909. The van der Waals surface area contributed by atoms with Gasteiger partial charge in [-0.25, -0.2) is 9.37 Å². The zero-order valence-corrected chi connectivity index (χ0v) is 10.9. The number of rotatable bonds is 2. The molecule has 0 aliphatic carbocycles. The van der Waals surface area contributed by atoms with Crippen LogP contribution in [0.15, 0.2) is 40.0 Å². The van der Waals surface area contributed by atoms with Crippen molar-refractivity contribution < 1.29 is 4.39 Å². The van der Waals surface area contributed by atoms with Gasteiger partial charge in [0.15, 0.2) is 0 Å². The first-order valence-corrected chi connectivity index (χ1v) is 5.89. The van der Waals surface area contributed by atoms with Crippen LogP contribution in [-0.2, 0) is 6.54 Å². The lowest BCUT2D eigenvalue weighted by Crippen LogP contribution is -2.21. The van der Waals surface area contributed by atoms with Crippen LogP contribution >= 0.6 is 27.5 Å². The fourth-order valence-corrected chi connectivity index (χ4v) is 1.92. The normalized spacial score (nSPS) is 10.5. The average Bonchev–Trinajstić information content (AvgIpc) is 2.30. The molecule has 0 unspecified atom stereocenters. The summed E-state index contributed by atoms with van der Waals surface area (Å²) in [6.07, 6.45) is 2.85. The van der Waals surface area contributed by atoms with Crippen LogP contribution in [0.1, 0.15) is 5.56 Å². The Morgan fingerprint density at radius 3 is 2.94 bits per heavy atom. The van der Waals surface area contributed by atoms with Crippen molar-refractivity contribution in [2.75, 3.05) is 0 Å². The molecule has 6 heteroatoms. The van der Waals surface area contributed by atoms with Gasteiger partial charge in [0.25, 0.3) is 5.56 Å². The molecule has 1 heterocycles. The Labute approximate surface area is 110 Å². The summed E-state index contributed by atoms with van der Waals surface area (Å²) in [5, 5.41) is 0.0403. The van der Waals surface area contributed by atoms with Crippen LogP contribution < -0.4 is 5.56 Å². The van der Waals surface area contributed by atoms with Gasteiger partial charge in [0.2, 0.25) is 0 Å². The van der Waals surface area contributed by atoms with E-state index in [1.807, 2.05) is 0 Å². The predicted octanol–water partition coefficient (Wildman–Crippen LogP) is 2.85. The molecule has 0 spiro atoms. The number of halogens is 3. The molecule has 0 aliphatic heterocycles. The van der Waals surface area contributed by atoms with Gasteiger partial charge in [-0.05, 0) is 33.6 Å². The fourth-order valence-electron chi connectivity index (χ4n) is 1.37. The highest BCUT2D eigenvalue weighted by molar-refractivity contribution is 9.10. The van der Waals surface area contributed by atoms with Crippen LogP contribution in [0, 0.1) is 5.82 Å². The van der Waals surface area contributed by atoms with Crippen LogP contribution in [0.25, 0.3) is 0 Å². The smallest absolute Gasteiger partial charge is 0.267 e. The summed E-state index contributed by atoms with van der Waals surface area (Å²) in [6, 6.07) is 4.34. The van der Waals surface area contributed by atoms with Crippen molar-refractivity contribution >= 4 is 27.5 Å². The molecule has 0 aliphatic rings. The van der Waals surface area contributed by atoms with Crippen molar-refractivity contribution in [3.63, 3.8) is 0 Å². The summed E-state index contributed by atoms with van der Waals surface area (Å²) in [6.45, 7) is 0.297. The van der Waals surface area contributed by atoms with Crippen LogP contribution in [-0.4, -0.2) is 9.55 Å². The standard InChI is InChI=1S/C11H7BrClFN2O/c12-8-4-15-6-16(11(8)17)5-7-1-2-10(14)9(13)3-7/h1-4,6H,5H2. The molecule has 0 fully saturated rings. The third-order valence-electron chi connectivity index (χ3n) is 2.20. The van der Waals surface area contributed by atoms with E-state index in [9.17, 15) is 9.18 Å². The molecule has 0 N–H and O–H groups in total. The van der Waals surface area contributed by atoms with E-state index in [2.05, 4.69) is 20.9 Å². The summed E-state index contributed by atoms with van der Waals surface area (Å²) in [7, 11) is 0. The van der Waals surface area contributed by atoms with Crippen molar-refractivity contribution in [2.45, 2.75) is 6.54 Å². The summed E-state index contributed by atoms with van der Waals surface area (Å²) >= 11 is 8.77. The minimum atomic E-state index is -0.477. The number of hydrogen-bond acceptors (Lipinski definition) is 2. The molecule has 0 saturated heterocycles. The van der Waals surface area contributed by atoms with Gasteiger partial charge >= 0.3 is 0 Å². The van der Waals surface area contributed by atoms with Crippen molar-refractivity contribution in [3.05, 3.63) is 62.0 Å². The van der Waals surface area contributed by atoms with Crippen molar-refractivity contribution in [1.29, 1.82) is 0 Å². The third kappa shape index (κ3) is 2.73. The Bertz CT molecular complexity index is 615. The van der Waals surface area contributed by atoms with Gasteiger partial charge in [-0.3, -0.25) is 9.36 Å². The van der Waals surface area contributed by atoms with Gasteiger partial charge in [-0.15, -0.1) is 0 Å². The second-order valence-electron chi connectivity index (χ2n) is 3.42. The number of benzene rings is 1. The first-order valence-electron chi connectivity index (χ1n) is 4.72. The Morgan fingerprint density at radius 1 is 1.47 bits per heavy atom. The molecule has 1 aromatic carbocycles. The number of hydrogen-bond donors (Lipinski definition) is 0. The van der Waals surface area contributed by atoms with E-state index >= 15 is 0 Å². The van der Waals surface area contributed by atoms with Crippen LogP contribution in [0.4, 0.5) is 4.39 Å². The van der Waals surface area contributed by atoms with Gasteiger partial charge in [-0.1, -0.05) is 17.7 Å². The summed E-state index contributed by atoms with van der Waals surface area (Å²) in [5.41, 5.74) is 0.541. The highest BCUT2D eigenvalue weighted by Gasteiger charge is 2.04. The highest BCUT2D eigenvalue weighted by atomic mass is 79.9. The van der Waals surface area contributed by atoms with Crippen LogP contribution in [0.5, 0.6) is 0 Å². The summed E-state index contributed by atoms with van der Waals surface area (Å²) in [4.78, 5) is 15.6. The lowest BCUT2D eigenvalue weighted by atomic mass is 10.2. The molecule has 0 bridgehead atoms. The molecule has 88 valence electrons. The summed E-state index contributed by atoms with van der Waals surface area (Å²) in [5.74, 6) is -0.477. The number of nitrogens with zero attached hydrogens (tertiary/aromatic N) is 2. The maximum atomic E-state index is 13.0. The largest absolute Gasteiger partial charge is 0.294 e. The van der Waals surface area contributed by atoms with Gasteiger partial charge in [-0.2, -0.15) is 0 Å². The van der Waals surface area contributed by atoms with E-state index in [1.165, 1.54) is 29.2 Å². The Hall–Kier alpha value is -1.20. The predicted molar refractivity (Wildman–Crippen MR) is 66.7 cm³/mol.